The lowest BCUT2D eigenvalue weighted by Gasteiger charge is -2.38. The third kappa shape index (κ3) is 7.75. The number of ether oxygens (including phenoxy) is 2. The Bertz CT molecular complexity index is 1180. The number of benzene rings is 2. The normalized spacial score (nSPS) is 16.9. The van der Waals surface area contributed by atoms with E-state index >= 15 is 0 Å². The number of carbonyl (C=O) groups is 4. The number of carbonyl (C=O) groups excluding carboxylic acids is 4. The van der Waals surface area contributed by atoms with Crippen LogP contribution in [0.15, 0.2) is 66.9 Å². The highest BCUT2D eigenvalue weighted by atomic mass is 16.6. The van der Waals surface area contributed by atoms with Gasteiger partial charge < -0.3 is 24.8 Å². The highest BCUT2D eigenvalue weighted by Crippen LogP contribution is 2.27. The number of aliphatic hydroxyl groups is 1. The largest absolute Gasteiger partial charge is 0.461 e. The number of methoxy groups -OCH3 is 1. The number of amides is 3. The van der Waals surface area contributed by atoms with E-state index < -0.39 is 48.6 Å². The zero-order chi connectivity index (χ0) is 28.5. The first-order chi connectivity index (χ1) is 18.6. The molecule has 39 heavy (non-hydrogen) atoms. The summed E-state index contributed by atoms with van der Waals surface area (Å²) in [5.41, 5.74) is 1.77. The Hall–Kier alpha value is -4.02. The topological polar surface area (TPSA) is 125 Å². The van der Waals surface area contributed by atoms with Gasteiger partial charge in [0.25, 0.3) is 5.91 Å². The van der Waals surface area contributed by atoms with E-state index in [4.69, 9.17) is 9.47 Å². The summed E-state index contributed by atoms with van der Waals surface area (Å²) in [6.45, 7) is 4.20. The Kier molecular flexibility index (Phi) is 10.4. The average Bonchev–Trinajstić information content (AvgIpc) is 2.90. The second-order valence-electron chi connectivity index (χ2n) is 9.50. The van der Waals surface area contributed by atoms with Gasteiger partial charge in [-0.3, -0.25) is 19.3 Å². The van der Waals surface area contributed by atoms with Crippen LogP contribution in [0.4, 0.5) is 0 Å². The lowest BCUT2D eigenvalue weighted by Crippen LogP contribution is -2.57. The molecule has 3 atom stereocenters. The molecular formula is C29H35N3O7. The third-order valence-electron chi connectivity index (χ3n) is 6.12. The molecule has 10 nitrogen and oxygen atoms in total. The predicted octanol–water partition coefficient (Wildman–Crippen LogP) is 1.73. The molecule has 3 amide bonds. The molecule has 0 aromatic heterocycles. The van der Waals surface area contributed by atoms with Crippen molar-refractivity contribution in [1.29, 1.82) is 0 Å². The molecule has 208 valence electrons. The van der Waals surface area contributed by atoms with Crippen LogP contribution in [0.1, 0.15) is 31.9 Å². The quantitative estimate of drug-likeness (QED) is 0.418. The van der Waals surface area contributed by atoms with Crippen LogP contribution in [0.5, 0.6) is 0 Å². The Morgan fingerprint density at radius 2 is 1.64 bits per heavy atom. The van der Waals surface area contributed by atoms with Gasteiger partial charge in [-0.05, 0) is 31.4 Å². The van der Waals surface area contributed by atoms with Crippen molar-refractivity contribution in [2.75, 3.05) is 20.3 Å². The molecule has 0 radical (unpaired) electrons. The van der Waals surface area contributed by atoms with Gasteiger partial charge in [0.05, 0.1) is 24.4 Å². The average molecular weight is 538 g/mol. The van der Waals surface area contributed by atoms with E-state index in [-0.39, 0.29) is 18.9 Å². The molecule has 0 saturated heterocycles. The van der Waals surface area contributed by atoms with Crippen molar-refractivity contribution >= 4 is 29.4 Å². The summed E-state index contributed by atoms with van der Waals surface area (Å²) in [7, 11) is 1.42. The van der Waals surface area contributed by atoms with Crippen LogP contribution < -0.4 is 5.32 Å². The predicted molar refractivity (Wildman–Crippen MR) is 144 cm³/mol. The van der Waals surface area contributed by atoms with Crippen molar-refractivity contribution in [2.45, 2.75) is 51.5 Å². The minimum absolute atomic E-state index is 0.0640. The molecule has 0 aliphatic carbocycles. The SMILES string of the molecule is COCC1C(=O)N(CC(=O)N[C@@H](Cc2ccccc2)C(O)C(=O)OC(C)C)C(c2ccccc2)=CN1C(C)=O. The van der Waals surface area contributed by atoms with Crippen molar-refractivity contribution in [3.05, 3.63) is 78.0 Å². The smallest absolute Gasteiger partial charge is 0.337 e. The van der Waals surface area contributed by atoms with Crippen LogP contribution >= 0.6 is 0 Å². The summed E-state index contributed by atoms with van der Waals surface area (Å²) in [4.78, 5) is 54.4. The molecule has 0 spiro atoms. The van der Waals surface area contributed by atoms with Gasteiger partial charge in [-0.25, -0.2) is 4.79 Å². The molecule has 10 heteroatoms. The highest BCUT2D eigenvalue weighted by Gasteiger charge is 2.39. The maximum absolute atomic E-state index is 13.6. The molecule has 0 fully saturated rings. The van der Waals surface area contributed by atoms with Crippen molar-refractivity contribution in [2.24, 2.45) is 0 Å². The lowest BCUT2D eigenvalue weighted by atomic mass is 10.0. The van der Waals surface area contributed by atoms with Gasteiger partial charge >= 0.3 is 5.97 Å². The minimum atomic E-state index is -1.63. The summed E-state index contributed by atoms with van der Waals surface area (Å²) in [6, 6.07) is 16.0. The van der Waals surface area contributed by atoms with Crippen LogP contribution in [-0.2, 0) is 35.1 Å². The minimum Gasteiger partial charge on any atom is -0.461 e. The molecule has 2 aromatic rings. The van der Waals surface area contributed by atoms with Gasteiger partial charge in [0.15, 0.2) is 6.10 Å². The molecular weight excluding hydrogens is 502 g/mol. The molecule has 3 rings (SSSR count). The lowest BCUT2D eigenvalue weighted by molar-refractivity contribution is -0.159. The Labute approximate surface area is 228 Å². The summed E-state index contributed by atoms with van der Waals surface area (Å²) < 4.78 is 10.4. The Morgan fingerprint density at radius 3 is 2.21 bits per heavy atom. The molecule has 1 aliphatic heterocycles. The van der Waals surface area contributed by atoms with Gasteiger partial charge in [0.1, 0.15) is 12.6 Å². The van der Waals surface area contributed by atoms with Crippen LogP contribution in [0, 0.1) is 0 Å². The monoisotopic (exact) mass is 537 g/mol. The molecule has 1 heterocycles. The molecule has 0 saturated carbocycles. The van der Waals surface area contributed by atoms with Crippen LogP contribution in [0.3, 0.4) is 0 Å². The summed E-state index contributed by atoms with van der Waals surface area (Å²) >= 11 is 0. The number of hydrogen-bond donors (Lipinski definition) is 2. The molecule has 0 bridgehead atoms. The van der Waals surface area contributed by atoms with E-state index in [0.717, 1.165) is 5.56 Å². The van der Waals surface area contributed by atoms with Crippen LogP contribution in [0.25, 0.3) is 5.70 Å². The van der Waals surface area contributed by atoms with Crippen molar-refractivity contribution in [3.8, 4) is 0 Å². The first kappa shape index (κ1) is 29.5. The summed E-state index contributed by atoms with van der Waals surface area (Å²) in [5.74, 6) is -2.31. The van der Waals surface area contributed by atoms with Gasteiger partial charge in [-0.2, -0.15) is 0 Å². The first-order valence-electron chi connectivity index (χ1n) is 12.7. The number of hydrogen-bond acceptors (Lipinski definition) is 7. The second-order valence-corrected chi connectivity index (χ2v) is 9.50. The van der Waals surface area contributed by atoms with Crippen molar-refractivity contribution in [3.63, 3.8) is 0 Å². The maximum Gasteiger partial charge on any atom is 0.337 e. The number of rotatable bonds is 11. The summed E-state index contributed by atoms with van der Waals surface area (Å²) in [5, 5.41) is 13.5. The highest BCUT2D eigenvalue weighted by molar-refractivity contribution is 5.99. The van der Waals surface area contributed by atoms with Gasteiger partial charge in [-0.15, -0.1) is 0 Å². The maximum atomic E-state index is 13.6. The molecule has 2 N–H and O–H groups in total. The zero-order valence-corrected chi connectivity index (χ0v) is 22.6. The molecule has 2 unspecified atom stereocenters. The van der Waals surface area contributed by atoms with E-state index in [2.05, 4.69) is 5.32 Å². The number of nitrogens with zero attached hydrogens (tertiary/aromatic N) is 2. The Balaban J connectivity index is 1.90. The van der Waals surface area contributed by atoms with E-state index in [1.54, 1.807) is 38.1 Å². The van der Waals surface area contributed by atoms with E-state index in [1.165, 1.54) is 30.0 Å². The number of aliphatic hydroxyl groups excluding tert-OH is 1. The van der Waals surface area contributed by atoms with Crippen molar-refractivity contribution < 1.29 is 33.8 Å². The van der Waals surface area contributed by atoms with Crippen LogP contribution in [-0.4, -0.2) is 83.2 Å². The zero-order valence-electron chi connectivity index (χ0n) is 22.6. The van der Waals surface area contributed by atoms with Crippen LogP contribution in [0.2, 0.25) is 0 Å². The first-order valence-corrected chi connectivity index (χ1v) is 12.7. The van der Waals surface area contributed by atoms with E-state index in [0.29, 0.717) is 11.3 Å². The Morgan fingerprint density at radius 1 is 1.03 bits per heavy atom. The fourth-order valence-electron chi connectivity index (χ4n) is 4.30. The fraction of sp³-hybridized carbons (Fsp3) is 0.379. The molecule has 2 aromatic carbocycles. The van der Waals surface area contributed by atoms with Gasteiger partial charge in [0, 0.05) is 20.2 Å². The second kappa shape index (κ2) is 13.7. The van der Waals surface area contributed by atoms with E-state index in [9.17, 15) is 24.3 Å². The standard InChI is InChI=1S/C29H35N3O7/c1-19(2)39-29(37)27(35)23(15-21-11-7-5-8-12-21)30-26(34)17-32-24(22-13-9-6-10-14-22)16-31(20(3)33)25(18-38-4)28(32)36/h5-14,16,19,23,25,27,35H,15,17-18H2,1-4H3,(H,30,34)/t23-,25?,27?/m0/s1. The number of nitrogens with one attached hydrogen (secondary N) is 1. The van der Waals surface area contributed by atoms with E-state index in [1.807, 2.05) is 36.4 Å². The van der Waals surface area contributed by atoms with Crippen molar-refractivity contribution in [1.82, 2.24) is 15.1 Å². The van der Waals surface area contributed by atoms with Gasteiger partial charge in [0.2, 0.25) is 11.8 Å². The molecule has 1 aliphatic rings. The fourth-order valence-corrected chi connectivity index (χ4v) is 4.30. The summed E-state index contributed by atoms with van der Waals surface area (Å²) in [6.07, 6.45) is -0.397. The van der Waals surface area contributed by atoms with Gasteiger partial charge in [-0.1, -0.05) is 60.7 Å². The number of esters is 1. The third-order valence-corrected chi connectivity index (χ3v) is 6.12.